The summed E-state index contributed by atoms with van der Waals surface area (Å²) in [6.07, 6.45) is 8.72. The average Bonchev–Trinajstić information content (AvgIpc) is 3.23. The molecule has 3 atom stereocenters. The molecule has 0 saturated heterocycles. The van der Waals surface area contributed by atoms with Crippen LogP contribution in [0.2, 0.25) is 0 Å². The van der Waals surface area contributed by atoms with Crippen molar-refractivity contribution in [1.82, 2.24) is 5.32 Å². The third kappa shape index (κ3) is 3.39. The molecule has 0 spiro atoms. The Morgan fingerprint density at radius 3 is 2.68 bits per heavy atom. The Balaban J connectivity index is 1.57. The molecule has 0 amide bonds. The van der Waals surface area contributed by atoms with Gasteiger partial charge in [-0.1, -0.05) is 42.7 Å². The van der Waals surface area contributed by atoms with Crippen LogP contribution >= 0.6 is 0 Å². The molecular formula is C18H27N. The molecular weight excluding hydrogens is 230 g/mol. The van der Waals surface area contributed by atoms with Crippen molar-refractivity contribution in [3.8, 4) is 0 Å². The number of nitrogens with one attached hydrogen (secondary N) is 1. The minimum absolute atomic E-state index is 0.489. The van der Waals surface area contributed by atoms with Gasteiger partial charge in [-0.2, -0.15) is 0 Å². The lowest BCUT2D eigenvalue weighted by atomic mass is 9.82. The van der Waals surface area contributed by atoms with Crippen molar-refractivity contribution >= 4 is 0 Å². The van der Waals surface area contributed by atoms with Crippen LogP contribution in [0.15, 0.2) is 24.3 Å². The third-order valence-electron chi connectivity index (χ3n) is 5.03. The van der Waals surface area contributed by atoms with Gasteiger partial charge in [-0.05, 0) is 56.9 Å². The van der Waals surface area contributed by atoms with Crippen molar-refractivity contribution in [2.45, 2.75) is 64.5 Å². The van der Waals surface area contributed by atoms with E-state index >= 15 is 0 Å². The SMILES string of the molecule is Cc1cccc([C@H](C)NC2CCCC(C3CC3)C2)c1. The first-order valence-electron chi connectivity index (χ1n) is 8.05. The van der Waals surface area contributed by atoms with Gasteiger partial charge in [-0.3, -0.25) is 0 Å². The van der Waals surface area contributed by atoms with E-state index in [1.807, 2.05) is 0 Å². The molecule has 2 fully saturated rings. The maximum Gasteiger partial charge on any atom is 0.0294 e. The molecule has 2 saturated carbocycles. The molecule has 1 nitrogen and oxygen atoms in total. The maximum atomic E-state index is 3.87. The van der Waals surface area contributed by atoms with Gasteiger partial charge in [0.2, 0.25) is 0 Å². The number of rotatable bonds is 4. The Kier molecular flexibility index (Phi) is 3.93. The highest BCUT2D eigenvalue weighted by molar-refractivity contribution is 5.24. The zero-order chi connectivity index (χ0) is 13.2. The second-order valence-electron chi connectivity index (χ2n) is 6.76. The Labute approximate surface area is 117 Å². The van der Waals surface area contributed by atoms with E-state index in [1.54, 1.807) is 0 Å². The van der Waals surface area contributed by atoms with Crippen LogP contribution < -0.4 is 5.32 Å². The van der Waals surface area contributed by atoms with E-state index in [2.05, 4.69) is 43.4 Å². The Morgan fingerprint density at radius 1 is 1.11 bits per heavy atom. The topological polar surface area (TPSA) is 12.0 Å². The van der Waals surface area contributed by atoms with Crippen LogP contribution in [0.1, 0.15) is 62.6 Å². The van der Waals surface area contributed by atoms with E-state index in [0.717, 1.165) is 17.9 Å². The van der Waals surface area contributed by atoms with Gasteiger partial charge in [0, 0.05) is 12.1 Å². The summed E-state index contributed by atoms with van der Waals surface area (Å²) in [6, 6.07) is 10.2. The standard InChI is InChI=1S/C18H27N/c1-13-5-3-6-16(11-13)14(2)19-18-8-4-7-17(12-18)15-9-10-15/h3,5-6,11,14-15,17-19H,4,7-10,12H2,1-2H3/t14-,17?,18?/m0/s1. The quantitative estimate of drug-likeness (QED) is 0.830. The van der Waals surface area contributed by atoms with Gasteiger partial charge < -0.3 is 5.32 Å². The van der Waals surface area contributed by atoms with Gasteiger partial charge in [0.1, 0.15) is 0 Å². The van der Waals surface area contributed by atoms with Crippen molar-refractivity contribution in [3.63, 3.8) is 0 Å². The lowest BCUT2D eigenvalue weighted by Gasteiger charge is -2.32. The van der Waals surface area contributed by atoms with Gasteiger partial charge in [-0.15, -0.1) is 0 Å². The first kappa shape index (κ1) is 13.2. The third-order valence-corrected chi connectivity index (χ3v) is 5.03. The van der Waals surface area contributed by atoms with Crippen LogP contribution in [0.25, 0.3) is 0 Å². The van der Waals surface area contributed by atoms with E-state index in [0.29, 0.717) is 6.04 Å². The summed E-state index contributed by atoms with van der Waals surface area (Å²) in [4.78, 5) is 0. The molecule has 1 aromatic rings. The number of hydrogen-bond donors (Lipinski definition) is 1. The molecule has 2 aliphatic rings. The second-order valence-corrected chi connectivity index (χ2v) is 6.76. The highest BCUT2D eigenvalue weighted by Crippen LogP contribution is 2.44. The molecule has 1 aromatic carbocycles. The molecule has 2 aliphatic carbocycles. The molecule has 0 heterocycles. The van der Waals surface area contributed by atoms with Crippen LogP contribution in [0, 0.1) is 18.8 Å². The van der Waals surface area contributed by atoms with E-state index in [-0.39, 0.29) is 0 Å². The average molecular weight is 257 g/mol. The number of benzene rings is 1. The fourth-order valence-electron chi connectivity index (χ4n) is 3.76. The van der Waals surface area contributed by atoms with Crippen molar-refractivity contribution in [2.24, 2.45) is 11.8 Å². The smallest absolute Gasteiger partial charge is 0.0294 e. The number of aryl methyl sites for hydroxylation is 1. The normalized spacial score (nSPS) is 29.2. The molecule has 1 N–H and O–H groups in total. The van der Waals surface area contributed by atoms with Gasteiger partial charge in [0.05, 0.1) is 0 Å². The van der Waals surface area contributed by atoms with Crippen LogP contribution in [0.4, 0.5) is 0 Å². The summed E-state index contributed by atoms with van der Waals surface area (Å²) in [7, 11) is 0. The molecule has 104 valence electrons. The van der Waals surface area contributed by atoms with E-state index in [4.69, 9.17) is 0 Å². The predicted octanol–water partition coefficient (Wildman–Crippen LogP) is 4.61. The fourth-order valence-corrected chi connectivity index (χ4v) is 3.76. The largest absolute Gasteiger partial charge is 0.307 e. The Morgan fingerprint density at radius 2 is 1.95 bits per heavy atom. The zero-order valence-electron chi connectivity index (χ0n) is 12.4. The summed E-state index contributed by atoms with van der Waals surface area (Å²) >= 11 is 0. The number of hydrogen-bond acceptors (Lipinski definition) is 1. The van der Waals surface area contributed by atoms with Crippen LogP contribution in [-0.4, -0.2) is 6.04 Å². The minimum atomic E-state index is 0.489. The summed E-state index contributed by atoms with van der Waals surface area (Å²) in [5.74, 6) is 2.11. The second kappa shape index (κ2) is 5.66. The van der Waals surface area contributed by atoms with Gasteiger partial charge in [0.25, 0.3) is 0 Å². The molecule has 0 aliphatic heterocycles. The lowest BCUT2D eigenvalue weighted by molar-refractivity contribution is 0.249. The minimum Gasteiger partial charge on any atom is -0.307 e. The molecule has 0 bridgehead atoms. The van der Waals surface area contributed by atoms with E-state index < -0.39 is 0 Å². The van der Waals surface area contributed by atoms with Gasteiger partial charge >= 0.3 is 0 Å². The maximum absolute atomic E-state index is 3.87. The van der Waals surface area contributed by atoms with Crippen molar-refractivity contribution in [3.05, 3.63) is 35.4 Å². The summed E-state index contributed by atoms with van der Waals surface area (Å²) in [5, 5.41) is 3.87. The van der Waals surface area contributed by atoms with Crippen LogP contribution in [0.3, 0.4) is 0 Å². The van der Waals surface area contributed by atoms with Crippen molar-refractivity contribution in [1.29, 1.82) is 0 Å². The first-order chi connectivity index (χ1) is 9.22. The Bertz CT molecular complexity index is 421. The van der Waals surface area contributed by atoms with Gasteiger partial charge in [0.15, 0.2) is 0 Å². The summed E-state index contributed by atoms with van der Waals surface area (Å²) in [5.41, 5.74) is 2.80. The molecule has 1 heteroatoms. The van der Waals surface area contributed by atoms with Gasteiger partial charge in [-0.25, -0.2) is 0 Å². The molecule has 0 aromatic heterocycles. The highest BCUT2D eigenvalue weighted by Gasteiger charge is 2.34. The van der Waals surface area contributed by atoms with Crippen LogP contribution in [0.5, 0.6) is 0 Å². The highest BCUT2D eigenvalue weighted by atomic mass is 14.9. The Hall–Kier alpha value is -0.820. The first-order valence-corrected chi connectivity index (χ1v) is 8.05. The van der Waals surface area contributed by atoms with Crippen molar-refractivity contribution in [2.75, 3.05) is 0 Å². The van der Waals surface area contributed by atoms with E-state index in [9.17, 15) is 0 Å². The monoisotopic (exact) mass is 257 g/mol. The molecule has 0 radical (unpaired) electrons. The van der Waals surface area contributed by atoms with E-state index in [1.165, 1.54) is 49.7 Å². The summed E-state index contributed by atoms with van der Waals surface area (Å²) < 4.78 is 0. The predicted molar refractivity (Wildman–Crippen MR) is 81.2 cm³/mol. The van der Waals surface area contributed by atoms with Crippen LogP contribution in [-0.2, 0) is 0 Å². The summed E-state index contributed by atoms with van der Waals surface area (Å²) in [6.45, 7) is 4.50. The molecule has 2 unspecified atom stereocenters. The van der Waals surface area contributed by atoms with Crippen molar-refractivity contribution < 1.29 is 0 Å². The molecule has 3 rings (SSSR count). The lowest BCUT2D eigenvalue weighted by Crippen LogP contribution is -2.36. The zero-order valence-corrected chi connectivity index (χ0v) is 12.4. The molecule has 19 heavy (non-hydrogen) atoms. The fraction of sp³-hybridized carbons (Fsp3) is 0.667.